The third-order valence-electron chi connectivity index (χ3n) is 5.97. The lowest BCUT2D eigenvalue weighted by Gasteiger charge is -2.36. The summed E-state index contributed by atoms with van der Waals surface area (Å²) < 4.78 is 13.0. The van der Waals surface area contributed by atoms with E-state index < -0.39 is 0 Å². The first-order valence-corrected chi connectivity index (χ1v) is 10.7. The zero-order valence-electron chi connectivity index (χ0n) is 17.2. The Kier molecular flexibility index (Phi) is 5.30. The number of benzene rings is 2. The molecule has 5 rings (SSSR count). The van der Waals surface area contributed by atoms with Crippen LogP contribution in [0.5, 0.6) is 0 Å². The van der Waals surface area contributed by atoms with Gasteiger partial charge in [-0.1, -0.05) is 36.4 Å². The average Bonchev–Trinajstić information content (AvgIpc) is 3.13. The summed E-state index contributed by atoms with van der Waals surface area (Å²) in [7, 11) is 0. The minimum Gasteiger partial charge on any atom is -0.367 e. The molecule has 1 unspecified atom stereocenters. The number of nitrogens with zero attached hydrogens (tertiary/aromatic N) is 1. The first-order chi connectivity index (χ1) is 15.2. The van der Waals surface area contributed by atoms with Gasteiger partial charge >= 0.3 is 0 Å². The molecule has 0 bridgehead atoms. The standard InChI is InChI=1S/C25H25FN4O/c26-21-8-3-17(4-9-21)11-13-27-15-18-1-5-19(6-2-18)25-28-16-20-7-10-23(31)29-22-12-14-30(25)24(20)22/h1-10,16,25,27-28H,11-15H2,(H,29,31). The molecule has 2 aromatic rings. The van der Waals surface area contributed by atoms with Crippen molar-refractivity contribution in [1.82, 2.24) is 20.9 Å². The Bertz CT molecular complexity index is 1070. The maximum atomic E-state index is 13.0. The Morgan fingerprint density at radius 2 is 1.81 bits per heavy atom. The Balaban J connectivity index is 1.21. The van der Waals surface area contributed by atoms with Crippen LogP contribution in [0.15, 0.2) is 83.9 Å². The summed E-state index contributed by atoms with van der Waals surface area (Å²) in [6, 6.07) is 15.3. The van der Waals surface area contributed by atoms with Crippen molar-refractivity contribution in [3.63, 3.8) is 0 Å². The number of hydrogen-bond acceptors (Lipinski definition) is 4. The molecule has 6 heteroatoms. The van der Waals surface area contributed by atoms with E-state index in [-0.39, 0.29) is 17.9 Å². The van der Waals surface area contributed by atoms with E-state index in [0.717, 1.165) is 55.0 Å². The molecule has 0 saturated carbocycles. The lowest BCUT2D eigenvalue weighted by Crippen LogP contribution is -2.38. The third-order valence-corrected chi connectivity index (χ3v) is 5.97. The minimum atomic E-state index is -0.197. The largest absolute Gasteiger partial charge is 0.367 e. The van der Waals surface area contributed by atoms with Gasteiger partial charge in [0.25, 0.3) is 0 Å². The van der Waals surface area contributed by atoms with E-state index in [9.17, 15) is 9.18 Å². The Morgan fingerprint density at radius 1 is 1.03 bits per heavy atom. The minimum absolute atomic E-state index is 0.0557. The number of carbonyl (C=O) groups is 1. The molecular weight excluding hydrogens is 391 g/mol. The fraction of sp³-hybridized carbons (Fsp3) is 0.240. The van der Waals surface area contributed by atoms with Gasteiger partial charge in [-0.05, 0) is 47.9 Å². The van der Waals surface area contributed by atoms with Crippen LogP contribution in [0.1, 0.15) is 29.3 Å². The highest BCUT2D eigenvalue weighted by Gasteiger charge is 2.34. The third kappa shape index (κ3) is 4.11. The maximum absolute atomic E-state index is 13.0. The van der Waals surface area contributed by atoms with Gasteiger partial charge in [-0.2, -0.15) is 0 Å². The molecule has 0 fully saturated rings. The molecule has 0 aromatic heterocycles. The van der Waals surface area contributed by atoms with Crippen LogP contribution in [0.4, 0.5) is 4.39 Å². The summed E-state index contributed by atoms with van der Waals surface area (Å²) >= 11 is 0. The topological polar surface area (TPSA) is 56.4 Å². The summed E-state index contributed by atoms with van der Waals surface area (Å²) in [4.78, 5) is 14.2. The summed E-state index contributed by atoms with van der Waals surface area (Å²) in [5, 5.41) is 9.96. The molecule has 0 spiro atoms. The van der Waals surface area contributed by atoms with Crippen LogP contribution in [0.25, 0.3) is 0 Å². The van der Waals surface area contributed by atoms with Crippen molar-refractivity contribution in [2.45, 2.75) is 25.6 Å². The quantitative estimate of drug-likeness (QED) is 0.633. The smallest absolute Gasteiger partial charge is 0.248 e. The predicted octanol–water partition coefficient (Wildman–Crippen LogP) is 3.25. The van der Waals surface area contributed by atoms with E-state index in [1.807, 2.05) is 24.4 Å². The van der Waals surface area contributed by atoms with E-state index in [2.05, 4.69) is 45.1 Å². The molecule has 0 aliphatic carbocycles. The molecule has 3 N–H and O–H groups in total. The van der Waals surface area contributed by atoms with Crippen molar-refractivity contribution in [3.05, 3.63) is 106 Å². The number of halogens is 1. The second kappa shape index (κ2) is 8.40. The van der Waals surface area contributed by atoms with E-state index in [0.29, 0.717) is 0 Å². The zero-order chi connectivity index (χ0) is 21.2. The molecule has 3 aliphatic heterocycles. The first kappa shape index (κ1) is 19.6. The van der Waals surface area contributed by atoms with Gasteiger partial charge in [0, 0.05) is 43.1 Å². The van der Waals surface area contributed by atoms with Crippen molar-refractivity contribution in [3.8, 4) is 0 Å². The Hall–Kier alpha value is -3.38. The maximum Gasteiger partial charge on any atom is 0.248 e. The molecule has 31 heavy (non-hydrogen) atoms. The fourth-order valence-electron chi connectivity index (χ4n) is 4.38. The van der Waals surface area contributed by atoms with Gasteiger partial charge in [0.1, 0.15) is 12.0 Å². The highest BCUT2D eigenvalue weighted by atomic mass is 19.1. The monoisotopic (exact) mass is 416 g/mol. The number of nitrogens with one attached hydrogen (secondary N) is 3. The molecule has 0 saturated heterocycles. The molecule has 0 radical (unpaired) electrons. The predicted molar refractivity (Wildman–Crippen MR) is 118 cm³/mol. The average molecular weight is 417 g/mol. The van der Waals surface area contributed by atoms with Crippen LogP contribution in [-0.4, -0.2) is 23.9 Å². The van der Waals surface area contributed by atoms with Crippen LogP contribution in [-0.2, 0) is 17.8 Å². The lowest BCUT2D eigenvalue weighted by atomic mass is 10.0. The van der Waals surface area contributed by atoms with Gasteiger partial charge < -0.3 is 20.9 Å². The first-order valence-electron chi connectivity index (χ1n) is 10.7. The lowest BCUT2D eigenvalue weighted by molar-refractivity contribution is -0.115. The molecular formula is C25H25FN4O. The fourth-order valence-corrected chi connectivity index (χ4v) is 4.38. The van der Waals surface area contributed by atoms with E-state index >= 15 is 0 Å². The van der Waals surface area contributed by atoms with Crippen molar-refractivity contribution in [2.75, 3.05) is 13.1 Å². The van der Waals surface area contributed by atoms with Crippen LogP contribution < -0.4 is 16.0 Å². The molecule has 158 valence electrons. The van der Waals surface area contributed by atoms with Crippen LogP contribution in [0.3, 0.4) is 0 Å². The molecule has 1 atom stereocenters. The second-order valence-corrected chi connectivity index (χ2v) is 8.06. The normalized spacial score (nSPS) is 19.5. The van der Waals surface area contributed by atoms with E-state index in [1.165, 1.54) is 23.3 Å². The molecule has 5 nitrogen and oxygen atoms in total. The summed E-state index contributed by atoms with van der Waals surface area (Å²) in [6.45, 7) is 2.51. The highest BCUT2D eigenvalue weighted by Crippen LogP contribution is 2.38. The van der Waals surface area contributed by atoms with Gasteiger partial charge in [-0.25, -0.2) is 4.39 Å². The van der Waals surface area contributed by atoms with E-state index in [4.69, 9.17) is 0 Å². The van der Waals surface area contributed by atoms with Crippen molar-refractivity contribution >= 4 is 5.91 Å². The summed E-state index contributed by atoms with van der Waals surface area (Å²) in [5.74, 6) is -0.259. The van der Waals surface area contributed by atoms with Gasteiger partial charge in [-0.3, -0.25) is 4.79 Å². The summed E-state index contributed by atoms with van der Waals surface area (Å²) in [6.07, 6.45) is 7.23. The van der Waals surface area contributed by atoms with Crippen LogP contribution in [0.2, 0.25) is 0 Å². The number of allylic oxidation sites excluding steroid dienone is 1. The Morgan fingerprint density at radius 3 is 2.61 bits per heavy atom. The second-order valence-electron chi connectivity index (χ2n) is 8.06. The number of carbonyl (C=O) groups excluding carboxylic acids is 1. The SMILES string of the molecule is O=C1C=CC2=CNC(c3ccc(CNCCc4ccc(F)cc4)cc3)N3CCC(=C23)N1. The van der Waals surface area contributed by atoms with Crippen molar-refractivity contribution in [1.29, 1.82) is 0 Å². The molecule has 3 aliphatic rings. The molecule has 1 amide bonds. The van der Waals surface area contributed by atoms with Crippen molar-refractivity contribution < 1.29 is 9.18 Å². The zero-order valence-corrected chi connectivity index (χ0v) is 17.2. The molecule has 3 heterocycles. The van der Waals surface area contributed by atoms with E-state index in [1.54, 1.807) is 6.08 Å². The van der Waals surface area contributed by atoms with Crippen LogP contribution >= 0.6 is 0 Å². The number of hydrogen-bond donors (Lipinski definition) is 3. The van der Waals surface area contributed by atoms with Crippen molar-refractivity contribution in [2.24, 2.45) is 0 Å². The molecule has 2 aromatic carbocycles. The van der Waals surface area contributed by atoms with Gasteiger partial charge in [-0.15, -0.1) is 0 Å². The van der Waals surface area contributed by atoms with Gasteiger partial charge in [0.2, 0.25) is 5.91 Å². The Labute approximate surface area is 181 Å². The van der Waals surface area contributed by atoms with Crippen LogP contribution in [0, 0.1) is 5.82 Å². The van der Waals surface area contributed by atoms with Gasteiger partial charge in [0.05, 0.1) is 5.70 Å². The number of rotatable bonds is 6. The highest BCUT2D eigenvalue weighted by molar-refractivity contribution is 5.90. The van der Waals surface area contributed by atoms with Gasteiger partial charge in [0.15, 0.2) is 0 Å². The number of amides is 1. The summed E-state index contributed by atoms with van der Waals surface area (Å²) in [5.41, 5.74) is 6.72.